The van der Waals surface area contributed by atoms with Gasteiger partial charge in [0, 0.05) is 37.5 Å². The number of carbonyl (C=O) groups is 3. The van der Waals surface area contributed by atoms with Crippen LogP contribution in [0.5, 0.6) is 5.75 Å². The Morgan fingerprint density at radius 2 is 1.64 bits per heavy atom. The van der Waals surface area contributed by atoms with Crippen LogP contribution in [0, 0.1) is 5.92 Å². The number of rotatable bonds is 7. The van der Waals surface area contributed by atoms with Crippen molar-refractivity contribution in [1.29, 1.82) is 0 Å². The zero-order chi connectivity index (χ0) is 25.1. The van der Waals surface area contributed by atoms with Crippen molar-refractivity contribution in [3.05, 3.63) is 71.8 Å². The number of ether oxygens (including phenoxy) is 3. The van der Waals surface area contributed by atoms with Crippen molar-refractivity contribution in [3.8, 4) is 5.75 Å². The van der Waals surface area contributed by atoms with Gasteiger partial charge < -0.3 is 24.4 Å². The van der Waals surface area contributed by atoms with Crippen LogP contribution in [-0.2, 0) is 25.0 Å². The molecule has 2 aromatic carbocycles. The van der Waals surface area contributed by atoms with E-state index in [0.717, 1.165) is 62.6 Å². The van der Waals surface area contributed by atoms with Gasteiger partial charge in [0.25, 0.3) is 5.91 Å². The van der Waals surface area contributed by atoms with Gasteiger partial charge in [-0.05, 0) is 68.2 Å². The van der Waals surface area contributed by atoms with Gasteiger partial charge in [-0.1, -0.05) is 12.1 Å². The number of piperidine rings is 1. The number of nitrogens with zero attached hydrogens (tertiary/aromatic N) is 2. The first-order chi connectivity index (χ1) is 17.5. The molecule has 36 heavy (non-hydrogen) atoms. The largest absolute Gasteiger partial charge is 0.497 e. The number of hydrogen-bond acceptors (Lipinski definition) is 8. The summed E-state index contributed by atoms with van der Waals surface area (Å²) in [5.74, 6) is -2.62. The van der Waals surface area contributed by atoms with Crippen molar-refractivity contribution in [3.63, 3.8) is 0 Å². The lowest BCUT2D eigenvalue weighted by molar-refractivity contribution is -0.275. The van der Waals surface area contributed by atoms with E-state index < -0.39 is 17.8 Å². The highest BCUT2D eigenvalue weighted by molar-refractivity contribution is 6.01. The van der Waals surface area contributed by atoms with E-state index >= 15 is 0 Å². The molecule has 0 aromatic heterocycles. The van der Waals surface area contributed by atoms with Crippen LogP contribution in [0.15, 0.2) is 60.7 Å². The Morgan fingerprint density at radius 3 is 2.31 bits per heavy atom. The molecule has 1 N–H and O–H groups in total. The van der Waals surface area contributed by atoms with Gasteiger partial charge in [-0.15, -0.1) is 0 Å². The molecule has 9 heteroatoms. The molecule has 0 aliphatic carbocycles. The summed E-state index contributed by atoms with van der Waals surface area (Å²) in [5.41, 5.74) is 1.80. The molecule has 3 aliphatic heterocycles. The van der Waals surface area contributed by atoms with E-state index in [0.29, 0.717) is 17.7 Å². The second-order valence-corrected chi connectivity index (χ2v) is 9.16. The maximum Gasteiger partial charge on any atom is 0.375 e. The smallest absolute Gasteiger partial charge is 0.375 e. The van der Waals surface area contributed by atoms with Crippen LogP contribution in [0.2, 0.25) is 0 Å². The molecule has 1 fully saturated rings. The Kier molecular flexibility index (Phi) is 6.65. The Labute approximate surface area is 209 Å². The Hall–Kier alpha value is -3.85. The number of esters is 2. The van der Waals surface area contributed by atoms with E-state index in [2.05, 4.69) is 10.2 Å². The number of nitrogens with one attached hydrogen (secondary N) is 1. The number of hydrogen-bond donors (Lipinski definition) is 1. The van der Waals surface area contributed by atoms with Gasteiger partial charge in [0.05, 0.1) is 18.2 Å². The number of amides is 1. The second kappa shape index (κ2) is 10.0. The van der Waals surface area contributed by atoms with Crippen molar-refractivity contribution in [1.82, 2.24) is 9.80 Å². The van der Waals surface area contributed by atoms with Crippen LogP contribution < -0.4 is 10.1 Å². The van der Waals surface area contributed by atoms with Crippen LogP contribution in [0.4, 0.5) is 5.69 Å². The van der Waals surface area contributed by atoms with E-state index in [9.17, 15) is 14.4 Å². The first-order valence-electron chi connectivity index (χ1n) is 12.1. The summed E-state index contributed by atoms with van der Waals surface area (Å²) >= 11 is 0. The van der Waals surface area contributed by atoms with Crippen LogP contribution in [0.1, 0.15) is 28.8 Å². The Morgan fingerprint density at radius 1 is 0.972 bits per heavy atom. The van der Waals surface area contributed by atoms with Gasteiger partial charge in [-0.2, -0.15) is 0 Å². The summed E-state index contributed by atoms with van der Waals surface area (Å²) in [6.45, 7) is 3.82. The lowest BCUT2D eigenvalue weighted by Gasteiger charge is -2.39. The van der Waals surface area contributed by atoms with Crippen LogP contribution in [0.25, 0.3) is 0 Å². The van der Waals surface area contributed by atoms with Gasteiger partial charge >= 0.3 is 17.8 Å². The number of likely N-dealkylation sites (tertiary alicyclic amines) is 1. The van der Waals surface area contributed by atoms with Gasteiger partial charge in [-0.25, -0.2) is 9.59 Å². The van der Waals surface area contributed by atoms with Crippen molar-refractivity contribution in [2.24, 2.45) is 5.92 Å². The van der Waals surface area contributed by atoms with E-state index in [1.165, 1.54) is 4.90 Å². The fraction of sp³-hybridized carbons (Fsp3) is 0.370. The van der Waals surface area contributed by atoms with Crippen LogP contribution in [-0.4, -0.2) is 67.5 Å². The fourth-order valence-corrected chi connectivity index (χ4v) is 5.01. The minimum atomic E-state index is -1.87. The first-order valence-corrected chi connectivity index (χ1v) is 12.1. The minimum absolute atomic E-state index is 0.180. The van der Waals surface area contributed by atoms with Crippen LogP contribution >= 0.6 is 0 Å². The fourth-order valence-electron chi connectivity index (χ4n) is 5.01. The highest BCUT2D eigenvalue weighted by atomic mass is 16.8. The molecule has 0 bridgehead atoms. The highest BCUT2D eigenvalue weighted by Gasteiger charge is 2.57. The SMILES string of the molecule is COc1ccc(NCCN2CCC(CN3C(=O)c4ccccc4C34OC(=O)C=CC(=O)O4)CC2)cc1. The molecule has 1 saturated heterocycles. The maximum atomic E-state index is 13.3. The number of benzene rings is 2. The second-order valence-electron chi connectivity index (χ2n) is 9.16. The third-order valence-corrected chi connectivity index (χ3v) is 6.93. The van der Waals surface area contributed by atoms with E-state index in [1.807, 2.05) is 24.3 Å². The number of fused-ring (bicyclic) bond motifs is 2. The topological polar surface area (TPSA) is 97.4 Å². The monoisotopic (exact) mass is 491 g/mol. The molecule has 188 valence electrons. The van der Waals surface area contributed by atoms with Gasteiger partial charge in [0.1, 0.15) is 5.75 Å². The summed E-state index contributed by atoms with van der Waals surface area (Å²) in [4.78, 5) is 41.8. The van der Waals surface area contributed by atoms with Crippen molar-refractivity contribution < 1.29 is 28.6 Å². The highest BCUT2D eigenvalue weighted by Crippen LogP contribution is 2.43. The molecule has 1 amide bonds. The first kappa shape index (κ1) is 23.9. The van der Waals surface area contributed by atoms with Crippen molar-refractivity contribution in [2.45, 2.75) is 18.8 Å². The molecule has 0 atom stereocenters. The summed E-state index contributed by atoms with van der Waals surface area (Å²) < 4.78 is 16.4. The third-order valence-electron chi connectivity index (χ3n) is 6.93. The molecular formula is C27H29N3O6. The quantitative estimate of drug-likeness (QED) is 0.591. The van der Waals surface area contributed by atoms with E-state index in [4.69, 9.17) is 14.2 Å². The average Bonchev–Trinajstić information content (AvgIpc) is 3.00. The molecule has 5 rings (SSSR count). The number of carbonyl (C=O) groups excluding carboxylic acids is 3. The van der Waals surface area contributed by atoms with Crippen molar-refractivity contribution in [2.75, 3.05) is 45.2 Å². The number of anilines is 1. The molecule has 0 radical (unpaired) electrons. The lowest BCUT2D eigenvalue weighted by Crippen LogP contribution is -2.52. The Bertz CT molecular complexity index is 1150. The molecule has 3 heterocycles. The summed E-state index contributed by atoms with van der Waals surface area (Å²) in [6, 6.07) is 14.6. The van der Waals surface area contributed by atoms with Gasteiger partial charge in [0.2, 0.25) is 0 Å². The third kappa shape index (κ3) is 4.66. The normalized spacial score (nSPS) is 19.6. The predicted octanol–water partition coefficient (Wildman–Crippen LogP) is 2.74. The molecule has 2 aromatic rings. The Balaban J connectivity index is 1.20. The van der Waals surface area contributed by atoms with Crippen molar-refractivity contribution >= 4 is 23.5 Å². The average molecular weight is 492 g/mol. The standard InChI is InChI=1S/C27H29N3O6/c1-34-21-8-6-20(7-9-21)28-14-17-29-15-12-19(13-16-29)18-30-26(33)22-4-2-3-5-23(22)27(30)35-24(31)10-11-25(32)36-27/h2-11,19,28H,12-18H2,1H3. The molecule has 0 unspecified atom stereocenters. The summed E-state index contributed by atoms with van der Waals surface area (Å²) in [6.07, 6.45) is 3.80. The van der Waals surface area contributed by atoms with E-state index in [-0.39, 0.29) is 11.8 Å². The molecule has 1 spiro atoms. The van der Waals surface area contributed by atoms with E-state index in [1.54, 1.807) is 31.4 Å². The van der Waals surface area contributed by atoms with Crippen LogP contribution in [0.3, 0.4) is 0 Å². The zero-order valence-corrected chi connectivity index (χ0v) is 20.1. The number of methoxy groups -OCH3 is 1. The molecular weight excluding hydrogens is 462 g/mol. The molecule has 0 saturated carbocycles. The molecule has 9 nitrogen and oxygen atoms in total. The molecule has 3 aliphatic rings. The van der Waals surface area contributed by atoms with Gasteiger partial charge in [-0.3, -0.25) is 9.69 Å². The summed E-state index contributed by atoms with van der Waals surface area (Å²) in [7, 11) is 1.65. The predicted molar refractivity (Wildman–Crippen MR) is 131 cm³/mol. The summed E-state index contributed by atoms with van der Waals surface area (Å²) in [5, 5.41) is 3.43. The lowest BCUT2D eigenvalue weighted by atomic mass is 9.96. The maximum absolute atomic E-state index is 13.3. The zero-order valence-electron chi connectivity index (χ0n) is 20.1. The van der Waals surface area contributed by atoms with Gasteiger partial charge in [0.15, 0.2) is 0 Å². The minimum Gasteiger partial charge on any atom is -0.497 e.